The molecule has 1 saturated carbocycles. The molecule has 2 heteroatoms. The van der Waals surface area contributed by atoms with Gasteiger partial charge in [-0.2, -0.15) is 0 Å². The van der Waals surface area contributed by atoms with Crippen LogP contribution < -0.4 is 0 Å². The molecule has 0 bridgehead atoms. The van der Waals surface area contributed by atoms with Crippen molar-refractivity contribution in [3.8, 4) is 0 Å². The first-order valence-electron chi connectivity index (χ1n) is 8.94. The molecule has 3 aliphatic rings. The SMILES string of the molecule is CC(C)=C1[C@H](O)C[C@@]2(C)C/C=C(\C)CC[C@H]3O[C@]3(C)CC[C@H]12. The Hall–Kier alpha value is -0.600. The zero-order valence-electron chi connectivity index (χ0n) is 14.9. The molecule has 0 unspecified atom stereocenters. The summed E-state index contributed by atoms with van der Waals surface area (Å²) in [5.74, 6) is 0.497. The van der Waals surface area contributed by atoms with E-state index < -0.39 is 0 Å². The lowest BCUT2D eigenvalue weighted by molar-refractivity contribution is 0.168. The largest absolute Gasteiger partial charge is 0.389 e. The highest BCUT2D eigenvalue weighted by Crippen LogP contribution is 2.55. The van der Waals surface area contributed by atoms with Gasteiger partial charge in [0.25, 0.3) is 0 Å². The molecule has 1 saturated heterocycles. The Kier molecular flexibility index (Phi) is 4.06. The lowest BCUT2D eigenvalue weighted by atomic mass is 9.72. The maximum absolute atomic E-state index is 10.6. The van der Waals surface area contributed by atoms with Crippen LogP contribution in [0.5, 0.6) is 0 Å². The van der Waals surface area contributed by atoms with E-state index in [0.717, 1.165) is 32.1 Å². The van der Waals surface area contributed by atoms with E-state index in [1.54, 1.807) is 0 Å². The highest BCUT2D eigenvalue weighted by molar-refractivity contribution is 5.28. The Morgan fingerprint density at radius 3 is 2.68 bits per heavy atom. The standard InChI is InChI=1S/C20H32O2/c1-13(2)18-15-9-11-20(5)17(22-20)7-6-14(3)8-10-19(15,4)12-16(18)21/h8,15-17,21H,6-7,9-12H2,1-5H3/b14-8+/t15-,16-,17-,19-,20-/m1/s1. The van der Waals surface area contributed by atoms with Crippen LogP contribution in [0, 0.1) is 11.3 Å². The van der Waals surface area contributed by atoms with E-state index in [-0.39, 0.29) is 17.1 Å². The number of hydrogen-bond donors (Lipinski definition) is 1. The second-order valence-electron chi connectivity index (χ2n) is 8.63. The van der Waals surface area contributed by atoms with Gasteiger partial charge < -0.3 is 9.84 Å². The quantitative estimate of drug-likeness (QED) is 0.516. The van der Waals surface area contributed by atoms with Gasteiger partial charge in [0.15, 0.2) is 0 Å². The predicted molar refractivity (Wildman–Crippen MR) is 90.7 cm³/mol. The zero-order chi connectivity index (χ0) is 16.1. The van der Waals surface area contributed by atoms with Crippen molar-refractivity contribution in [2.45, 2.75) is 91.0 Å². The maximum Gasteiger partial charge on any atom is 0.0920 e. The van der Waals surface area contributed by atoms with E-state index >= 15 is 0 Å². The van der Waals surface area contributed by atoms with Gasteiger partial charge in [-0.3, -0.25) is 0 Å². The maximum atomic E-state index is 10.6. The molecule has 2 aliphatic carbocycles. The van der Waals surface area contributed by atoms with Gasteiger partial charge in [-0.25, -0.2) is 0 Å². The molecule has 1 heterocycles. The second-order valence-corrected chi connectivity index (χ2v) is 8.63. The van der Waals surface area contributed by atoms with E-state index in [1.807, 2.05) is 0 Å². The summed E-state index contributed by atoms with van der Waals surface area (Å²) in [6.45, 7) is 11.2. The lowest BCUT2D eigenvalue weighted by Gasteiger charge is -2.32. The fourth-order valence-corrected chi connectivity index (χ4v) is 4.89. The molecule has 0 amide bonds. The molecule has 5 atom stereocenters. The van der Waals surface area contributed by atoms with Crippen LogP contribution in [0.25, 0.3) is 0 Å². The van der Waals surface area contributed by atoms with E-state index in [2.05, 4.69) is 40.7 Å². The molecule has 0 radical (unpaired) electrons. The van der Waals surface area contributed by atoms with E-state index in [4.69, 9.17) is 4.74 Å². The second kappa shape index (κ2) is 5.49. The highest BCUT2D eigenvalue weighted by atomic mass is 16.6. The van der Waals surface area contributed by atoms with Crippen LogP contribution in [0.1, 0.15) is 73.1 Å². The van der Waals surface area contributed by atoms with Crippen molar-refractivity contribution in [1.82, 2.24) is 0 Å². The predicted octanol–water partition coefficient (Wildman–Crippen LogP) is 4.78. The summed E-state index contributed by atoms with van der Waals surface area (Å²) >= 11 is 0. The molecule has 1 N–H and O–H groups in total. The number of fused-ring (bicyclic) bond motifs is 2. The van der Waals surface area contributed by atoms with Crippen molar-refractivity contribution in [3.05, 3.63) is 22.8 Å². The minimum Gasteiger partial charge on any atom is -0.389 e. The van der Waals surface area contributed by atoms with Gasteiger partial charge in [0.1, 0.15) is 0 Å². The summed E-state index contributed by atoms with van der Waals surface area (Å²) in [4.78, 5) is 0. The summed E-state index contributed by atoms with van der Waals surface area (Å²) in [5, 5.41) is 10.6. The number of hydrogen-bond acceptors (Lipinski definition) is 2. The van der Waals surface area contributed by atoms with Crippen molar-refractivity contribution in [3.63, 3.8) is 0 Å². The molecule has 0 aromatic rings. The third-order valence-corrected chi connectivity index (χ3v) is 6.50. The van der Waals surface area contributed by atoms with Gasteiger partial charge in [0.05, 0.1) is 17.8 Å². The van der Waals surface area contributed by atoms with Crippen LogP contribution in [-0.4, -0.2) is 22.9 Å². The fraction of sp³-hybridized carbons (Fsp3) is 0.800. The summed E-state index contributed by atoms with van der Waals surface area (Å²) in [6.07, 6.45) is 9.22. The average Bonchev–Trinajstić information content (AvgIpc) is 2.99. The molecule has 0 aromatic carbocycles. The Morgan fingerprint density at radius 1 is 1.27 bits per heavy atom. The molecule has 2 fully saturated rings. The monoisotopic (exact) mass is 304 g/mol. The third-order valence-electron chi connectivity index (χ3n) is 6.50. The minimum absolute atomic E-state index is 0.0891. The van der Waals surface area contributed by atoms with Crippen LogP contribution in [0.15, 0.2) is 22.8 Å². The van der Waals surface area contributed by atoms with Gasteiger partial charge in [0.2, 0.25) is 0 Å². The van der Waals surface area contributed by atoms with Crippen LogP contribution in [-0.2, 0) is 4.74 Å². The summed E-state index contributed by atoms with van der Waals surface area (Å²) in [5.41, 5.74) is 4.40. The first-order valence-corrected chi connectivity index (χ1v) is 8.94. The van der Waals surface area contributed by atoms with Crippen LogP contribution >= 0.6 is 0 Å². The Bertz CT molecular complexity index is 514. The first-order chi connectivity index (χ1) is 10.3. The van der Waals surface area contributed by atoms with Gasteiger partial charge in [0, 0.05) is 0 Å². The van der Waals surface area contributed by atoms with Crippen molar-refractivity contribution in [2.75, 3.05) is 0 Å². The third kappa shape index (κ3) is 2.80. The highest BCUT2D eigenvalue weighted by Gasteiger charge is 2.53. The molecule has 0 spiro atoms. The number of epoxide rings is 1. The average molecular weight is 304 g/mol. The number of rotatable bonds is 0. The van der Waals surface area contributed by atoms with Gasteiger partial charge in [-0.15, -0.1) is 0 Å². The summed E-state index contributed by atoms with van der Waals surface area (Å²) < 4.78 is 6.02. The number of aliphatic hydroxyl groups excluding tert-OH is 1. The Morgan fingerprint density at radius 2 is 2.00 bits per heavy atom. The van der Waals surface area contributed by atoms with Crippen LogP contribution in [0.4, 0.5) is 0 Å². The smallest absolute Gasteiger partial charge is 0.0920 e. The first kappa shape index (κ1) is 16.3. The fourth-order valence-electron chi connectivity index (χ4n) is 4.89. The summed E-state index contributed by atoms with van der Waals surface area (Å²) in [6, 6.07) is 0. The van der Waals surface area contributed by atoms with Crippen molar-refractivity contribution in [2.24, 2.45) is 11.3 Å². The van der Waals surface area contributed by atoms with Crippen LogP contribution in [0.2, 0.25) is 0 Å². The normalized spacial score (nSPS) is 47.8. The van der Waals surface area contributed by atoms with E-state index in [1.165, 1.54) is 23.1 Å². The molecule has 0 aromatic heterocycles. The van der Waals surface area contributed by atoms with Crippen molar-refractivity contribution < 1.29 is 9.84 Å². The molecular weight excluding hydrogens is 272 g/mol. The number of allylic oxidation sites excluding steroid dienone is 3. The van der Waals surface area contributed by atoms with E-state index in [0.29, 0.717) is 12.0 Å². The number of aliphatic hydroxyl groups is 1. The van der Waals surface area contributed by atoms with Crippen molar-refractivity contribution in [1.29, 1.82) is 0 Å². The van der Waals surface area contributed by atoms with Crippen molar-refractivity contribution >= 4 is 0 Å². The number of ether oxygens (including phenoxy) is 1. The molecule has 3 rings (SSSR count). The lowest BCUT2D eigenvalue weighted by Crippen LogP contribution is -2.24. The summed E-state index contributed by atoms with van der Waals surface area (Å²) in [7, 11) is 0. The Labute approximate surface area is 135 Å². The Balaban J connectivity index is 1.93. The van der Waals surface area contributed by atoms with E-state index in [9.17, 15) is 5.11 Å². The van der Waals surface area contributed by atoms with Crippen LogP contribution in [0.3, 0.4) is 0 Å². The molecule has 124 valence electrons. The van der Waals surface area contributed by atoms with Gasteiger partial charge in [-0.05, 0) is 83.1 Å². The molecule has 22 heavy (non-hydrogen) atoms. The topological polar surface area (TPSA) is 32.8 Å². The van der Waals surface area contributed by atoms with Gasteiger partial charge >= 0.3 is 0 Å². The molecule has 2 nitrogen and oxygen atoms in total. The zero-order valence-corrected chi connectivity index (χ0v) is 14.9. The minimum atomic E-state index is -0.250. The van der Waals surface area contributed by atoms with Gasteiger partial charge in [-0.1, -0.05) is 24.1 Å². The molecule has 1 aliphatic heterocycles. The molecular formula is C20H32O2.